The zero-order valence-corrected chi connectivity index (χ0v) is 16.9. The lowest BCUT2D eigenvalue weighted by atomic mass is 10.1. The van der Waals surface area contributed by atoms with Crippen LogP contribution >= 0.6 is 0 Å². The summed E-state index contributed by atoms with van der Waals surface area (Å²) >= 11 is 0. The lowest BCUT2D eigenvalue weighted by Gasteiger charge is -2.10. The normalized spacial score (nSPS) is 10.1. The van der Waals surface area contributed by atoms with E-state index in [-0.39, 0.29) is 11.6 Å². The van der Waals surface area contributed by atoms with Crippen LogP contribution < -0.4 is 15.8 Å². The van der Waals surface area contributed by atoms with Crippen LogP contribution in [-0.2, 0) is 6.42 Å². The largest absolute Gasteiger partial charge is 0.457 e. The minimum atomic E-state index is 0.150. The molecule has 0 aliphatic heterocycles. The van der Waals surface area contributed by atoms with E-state index in [4.69, 9.17) is 21.0 Å². The third-order valence-corrected chi connectivity index (χ3v) is 4.48. The number of hydrogen-bond donors (Lipinski definition) is 2. The average molecular weight is 419 g/mol. The smallest absolute Gasteiger partial charge is 0.222 e. The molecule has 8 heteroatoms. The predicted molar refractivity (Wildman–Crippen MR) is 120 cm³/mol. The van der Waals surface area contributed by atoms with Crippen LogP contribution in [0.15, 0.2) is 72.9 Å². The van der Waals surface area contributed by atoms with Gasteiger partial charge in [-0.15, -0.1) is 0 Å². The molecule has 0 aliphatic rings. The molecule has 8 nitrogen and oxygen atoms in total. The van der Waals surface area contributed by atoms with Crippen molar-refractivity contribution in [3.05, 3.63) is 84.2 Å². The number of benzene rings is 2. The second-order valence-corrected chi connectivity index (χ2v) is 6.77. The Morgan fingerprint density at radius 2 is 1.69 bits per heavy atom. The van der Waals surface area contributed by atoms with Crippen LogP contribution in [0.5, 0.6) is 11.5 Å². The molecule has 0 fully saturated rings. The lowest BCUT2D eigenvalue weighted by Crippen LogP contribution is -2.01. The van der Waals surface area contributed by atoms with E-state index in [1.165, 1.54) is 6.20 Å². The molecule has 0 atom stereocenters. The molecule has 2 aromatic heterocycles. The molecule has 0 spiro atoms. The molecule has 2 heterocycles. The first kappa shape index (κ1) is 20.3. The SMILES string of the molecule is N#CCc1ccc(-c2cc(Nc3ccc(Oc4ccnc(C#N)c4)cc3)nc(N)n2)cc1. The summed E-state index contributed by atoms with van der Waals surface area (Å²) in [5, 5.41) is 21.0. The van der Waals surface area contributed by atoms with Gasteiger partial charge in [-0.1, -0.05) is 24.3 Å². The third kappa shape index (κ3) is 4.96. The Kier molecular flexibility index (Phi) is 5.87. The fourth-order valence-electron chi connectivity index (χ4n) is 2.99. The summed E-state index contributed by atoms with van der Waals surface area (Å²) in [6, 6.07) is 24.1. The minimum Gasteiger partial charge on any atom is -0.457 e. The second kappa shape index (κ2) is 9.24. The van der Waals surface area contributed by atoms with Gasteiger partial charge in [-0.05, 0) is 35.9 Å². The molecule has 0 bridgehead atoms. The van der Waals surface area contributed by atoms with E-state index in [1.807, 2.05) is 42.5 Å². The highest BCUT2D eigenvalue weighted by molar-refractivity contribution is 5.67. The number of anilines is 3. The number of hydrogen-bond acceptors (Lipinski definition) is 8. The van der Waals surface area contributed by atoms with Gasteiger partial charge in [-0.3, -0.25) is 0 Å². The molecule has 154 valence electrons. The van der Waals surface area contributed by atoms with Crippen LogP contribution in [0, 0.1) is 22.7 Å². The maximum Gasteiger partial charge on any atom is 0.222 e. The van der Waals surface area contributed by atoms with Crippen LogP contribution in [0.4, 0.5) is 17.5 Å². The van der Waals surface area contributed by atoms with Crippen LogP contribution in [0.1, 0.15) is 11.3 Å². The Morgan fingerprint density at radius 1 is 0.906 bits per heavy atom. The van der Waals surface area contributed by atoms with Crippen molar-refractivity contribution >= 4 is 17.5 Å². The molecule has 0 saturated carbocycles. The van der Waals surface area contributed by atoms with Crippen molar-refractivity contribution < 1.29 is 4.74 Å². The molecule has 0 unspecified atom stereocenters. The highest BCUT2D eigenvalue weighted by atomic mass is 16.5. The Labute approximate surface area is 184 Å². The number of nitrogens with zero attached hydrogens (tertiary/aromatic N) is 5. The van der Waals surface area contributed by atoms with Crippen molar-refractivity contribution in [3.8, 4) is 34.9 Å². The molecule has 2 aromatic carbocycles. The maximum absolute atomic E-state index is 8.94. The van der Waals surface area contributed by atoms with Crippen molar-refractivity contribution in [1.29, 1.82) is 10.5 Å². The number of pyridine rings is 1. The predicted octanol–water partition coefficient (Wildman–Crippen LogP) is 4.59. The molecule has 0 amide bonds. The van der Waals surface area contributed by atoms with E-state index in [9.17, 15) is 0 Å². The van der Waals surface area contributed by atoms with Crippen molar-refractivity contribution in [2.45, 2.75) is 6.42 Å². The second-order valence-electron chi connectivity index (χ2n) is 6.77. The summed E-state index contributed by atoms with van der Waals surface area (Å²) in [6.07, 6.45) is 1.89. The summed E-state index contributed by atoms with van der Waals surface area (Å²) < 4.78 is 5.76. The maximum atomic E-state index is 8.94. The van der Waals surface area contributed by atoms with Gasteiger partial charge in [0.1, 0.15) is 29.1 Å². The van der Waals surface area contributed by atoms with Crippen molar-refractivity contribution in [2.75, 3.05) is 11.1 Å². The van der Waals surface area contributed by atoms with Gasteiger partial charge in [0.25, 0.3) is 0 Å². The molecule has 0 radical (unpaired) electrons. The minimum absolute atomic E-state index is 0.150. The van der Waals surface area contributed by atoms with Crippen LogP contribution in [0.25, 0.3) is 11.3 Å². The van der Waals surface area contributed by atoms with Crippen LogP contribution in [0.3, 0.4) is 0 Å². The van der Waals surface area contributed by atoms with E-state index >= 15 is 0 Å². The highest BCUT2D eigenvalue weighted by Gasteiger charge is 2.07. The summed E-state index contributed by atoms with van der Waals surface area (Å²) in [6.45, 7) is 0. The first-order valence-corrected chi connectivity index (χ1v) is 9.65. The van der Waals surface area contributed by atoms with Crippen molar-refractivity contribution in [1.82, 2.24) is 15.0 Å². The number of rotatable bonds is 6. The number of nitrogens with two attached hydrogens (primary N) is 1. The highest BCUT2D eigenvalue weighted by Crippen LogP contribution is 2.26. The molecule has 0 saturated heterocycles. The van der Waals surface area contributed by atoms with Gasteiger partial charge >= 0.3 is 0 Å². The first-order chi connectivity index (χ1) is 15.6. The summed E-state index contributed by atoms with van der Waals surface area (Å²) in [4.78, 5) is 12.5. The molecular formula is C24H17N7O. The van der Waals surface area contributed by atoms with Crippen molar-refractivity contribution in [3.63, 3.8) is 0 Å². The quantitative estimate of drug-likeness (QED) is 0.463. The van der Waals surface area contributed by atoms with Gasteiger partial charge in [-0.25, -0.2) is 9.97 Å². The molecule has 0 aliphatic carbocycles. The molecule has 4 rings (SSSR count). The van der Waals surface area contributed by atoms with E-state index < -0.39 is 0 Å². The zero-order chi connectivity index (χ0) is 22.3. The number of ether oxygens (including phenoxy) is 1. The third-order valence-electron chi connectivity index (χ3n) is 4.48. The first-order valence-electron chi connectivity index (χ1n) is 9.65. The molecule has 32 heavy (non-hydrogen) atoms. The zero-order valence-electron chi connectivity index (χ0n) is 16.9. The average Bonchev–Trinajstić information content (AvgIpc) is 2.81. The van der Waals surface area contributed by atoms with E-state index in [2.05, 4.69) is 26.3 Å². The number of nitrogen functional groups attached to an aromatic ring is 1. The van der Waals surface area contributed by atoms with Gasteiger partial charge in [0.05, 0.1) is 18.2 Å². The number of nitrogens with one attached hydrogen (secondary N) is 1. The topological polar surface area (TPSA) is 134 Å². The van der Waals surface area contributed by atoms with Gasteiger partial charge in [-0.2, -0.15) is 15.5 Å². The molecule has 4 aromatic rings. The molecular weight excluding hydrogens is 402 g/mol. The van der Waals surface area contributed by atoms with Crippen LogP contribution in [-0.4, -0.2) is 15.0 Å². The summed E-state index contributed by atoms with van der Waals surface area (Å²) in [7, 11) is 0. The monoisotopic (exact) mass is 419 g/mol. The van der Waals surface area contributed by atoms with Gasteiger partial charge in [0.2, 0.25) is 5.95 Å². The van der Waals surface area contributed by atoms with Crippen LogP contribution in [0.2, 0.25) is 0 Å². The van der Waals surface area contributed by atoms with Gasteiger partial charge < -0.3 is 15.8 Å². The van der Waals surface area contributed by atoms with E-state index in [1.54, 1.807) is 30.3 Å². The lowest BCUT2D eigenvalue weighted by molar-refractivity contribution is 0.482. The standard InChI is InChI=1S/C24H17N7O/c25-11-9-16-1-3-17(4-2-16)22-14-23(31-24(27)30-22)29-18-5-7-20(8-6-18)32-21-10-12-28-19(13-21)15-26/h1-8,10,12-14H,9H2,(H3,27,29,30,31). The Hall–Kier alpha value is -4.95. The van der Waals surface area contributed by atoms with Gasteiger partial charge in [0.15, 0.2) is 0 Å². The number of nitriles is 2. The van der Waals surface area contributed by atoms with E-state index in [0.29, 0.717) is 29.4 Å². The Morgan fingerprint density at radius 3 is 2.41 bits per heavy atom. The fraction of sp³-hybridized carbons (Fsp3) is 0.0417. The Bertz CT molecular complexity index is 1320. The van der Waals surface area contributed by atoms with Crippen molar-refractivity contribution in [2.24, 2.45) is 0 Å². The molecule has 3 N–H and O–H groups in total. The number of aromatic nitrogens is 3. The summed E-state index contributed by atoms with van der Waals surface area (Å²) in [5.74, 6) is 1.85. The Balaban J connectivity index is 1.49. The summed E-state index contributed by atoms with van der Waals surface area (Å²) in [5.41, 5.74) is 9.48. The van der Waals surface area contributed by atoms with E-state index in [0.717, 1.165) is 16.8 Å². The van der Waals surface area contributed by atoms with Gasteiger partial charge in [0, 0.05) is 29.6 Å². The fourth-order valence-corrected chi connectivity index (χ4v) is 2.99.